The van der Waals surface area contributed by atoms with Gasteiger partial charge in [-0.05, 0) is 18.6 Å². The predicted octanol–water partition coefficient (Wildman–Crippen LogP) is 3.38. The number of imidazole rings is 1. The number of fused-ring (bicyclic) bond motifs is 1. The first-order chi connectivity index (χ1) is 6.86. The van der Waals surface area contributed by atoms with E-state index in [2.05, 4.69) is 57.3 Å². The van der Waals surface area contributed by atoms with Gasteiger partial charge in [-0.1, -0.05) is 41.6 Å². The minimum Gasteiger partial charge on any atom is -0.327 e. The molecular weight excluding hydrogens is 287 g/mol. The highest BCUT2D eigenvalue weighted by atomic mass is 127. The highest BCUT2D eigenvalue weighted by Crippen LogP contribution is 2.18. The van der Waals surface area contributed by atoms with Crippen LogP contribution in [0.5, 0.6) is 0 Å². The molecule has 3 heteroatoms. The van der Waals surface area contributed by atoms with Crippen molar-refractivity contribution in [1.29, 1.82) is 0 Å². The van der Waals surface area contributed by atoms with Gasteiger partial charge in [0.1, 0.15) is 5.82 Å². The van der Waals surface area contributed by atoms with E-state index in [0.717, 1.165) is 22.9 Å². The zero-order chi connectivity index (χ0) is 9.97. The van der Waals surface area contributed by atoms with Gasteiger partial charge in [-0.3, -0.25) is 0 Å². The maximum absolute atomic E-state index is 4.61. The topological polar surface area (TPSA) is 17.8 Å². The lowest BCUT2D eigenvalue weighted by Gasteiger charge is -2.04. The van der Waals surface area contributed by atoms with Crippen molar-refractivity contribution in [3.63, 3.8) is 0 Å². The second-order valence-corrected chi connectivity index (χ2v) is 4.06. The molecule has 0 unspecified atom stereocenters. The van der Waals surface area contributed by atoms with E-state index in [4.69, 9.17) is 0 Å². The summed E-state index contributed by atoms with van der Waals surface area (Å²) in [5, 5.41) is 0. The van der Waals surface area contributed by atoms with E-state index >= 15 is 0 Å². The highest BCUT2D eigenvalue weighted by Gasteiger charge is 2.07. The van der Waals surface area contributed by atoms with Crippen LogP contribution >= 0.6 is 22.6 Å². The van der Waals surface area contributed by atoms with Crippen LogP contribution in [0.1, 0.15) is 19.2 Å². The quantitative estimate of drug-likeness (QED) is 0.627. The molecule has 14 heavy (non-hydrogen) atoms. The molecule has 0 saturated carbocycles. The fraction of sp³-hybridized carbons (Fsp3) is 0.364. The fourth-order valence-electron chi connectivity index (χ4n) is 1.70. The third kappa shape index (κ3) is 1.65. The van der Waals surface area contributed by atoms with Crippen LogP contribution in [0, 0.1) is 0 Å². The average Bonchev–Trinajstić information content (AvgIpc) is 2.58. The molecule has 0 atom stereocenters. The summed E-state index contributed by atoms with van der Waals surface area (Å²) < 4.78 is 3.30. The Morgan fingerprint density at radius 3 is 2.86 bits per heavy atom. The molecule has 1 aromatic heterocycles. The molecule has 74 valence electrons. The molecule has 0 radical (unpaired) electrons. The van der Waals surface area contributed by atoms with Crippen molar-refractivity contribution in [3.8, 4) is 0 Å². The Balaban J connectivity index is 2.61. The zero-order valence-electron chi connectivity index (χ0n) is 8.20. The second-order valence-electron chi connectivity index (χ2n) is 3.30. The standard InChI is InChI=1S/C11H13IN2/c1-2-7-14-10-6-4-3-5-9(10)13-11(14)8-12/h3-6H,2,7-8H2,1H3. The van der Waals surface area contributed by atoms with Gasteiger partial charge >= 0.3 is 0 Å². The maximum atomic E-state index is 4.61. The Bertz CT molecular complexity index is 434. The number of rotatable bonds is 3. The van der Waals surface area contributed by atoms with Crippen molar-refractivity contribution in [1.82, 2.24) is 9.55 Å². The molecule has 0 N–H and O–H groups in total. The first-order valence-corrected chi connectivity index (χ1v) is 6.39. The van der Waals surface area contributed by atoms with E-state index in [-0.39, 0.29) is 0 Å². The number of benzene rings is 1. The number of alkyl halides is 1. The van der Waals surface area contributed by atoms with E-state index < -0.39 is 0 Å². The summed E-state index contributed by atoms with van der Waals surface area (Å²) in [6.45, 7) is 3.27. The Hall–Kier alpha value is -0.580. The summed E-state index contributed by atoms with van der Waals surface area (Å²) in [4.78, 5) is 4.61. The van der Waals surface area contributed by atoms with Gasteiger partial charge in [-0.25, -0.2) is 4.98 Å². The van der Waals surface area contributed by atoms with Gasteiger partial charge < -0.3 is 4.57 Å². The highest BCUT2D eigenvalue weighted by molar-refractivity contribution is 14.1. The van der Waals surface area contributed by atoms with Crippen LogP contribution < -0.4 is 0 Å². The van der Waals surface area contributed by atoms with Crippen molar-refractivity contribution < 1.29 is 0 Å². The molecule has 0 fully saturated rings. The average molecular weight is 300 g/mol. The van der Waals surface area contributed by atoms with Crippen molar-refractivity contribution >= 4 is 33.6 Å². The van der Waals surface area contributed by atoms with Gasteiger partial charge in [0.25, 0.3) is 0 Å². The molecule has 1 aromatic carbocycles. The molecule has 0 saturated heterocycles. The lowest BCUT2D eigenvalue weighted by atomic mass is 10.3. The monoisotopic (exact) mass is 300 g/mol. The summed E-state index contributed by atoms with van der Waals surface area (Å²) in [6.07, 6.45) is 1.16. The van der Waals surface area contributed by atoms with Crippen LogP contribution in [0.3, 0.4) is 0 Å². The fourth-order valence-corrected chi connectivity index (χ4v) is 2.28. The van der Waals surface area contributed by atoms with Crippen LogP contribution in [0.2, 0.25) is 0 Å². The number of nitrogens with zero attached hydrogens (tertiary/aromatic N) is 2. The number of aryl methyl sites for hydroxylation is 1. The van der Waals surface area contributed by atoms with E-state index in [9.17, 15) is 0 Å². The second kappa shape index (κ2) is 4.29. The van der Waals surface area contributed by atoms with Crippen LogP contribution in [0.25, 0.3) is 11.0 Å². The van der Waals surface area contributed by atoms with E-state index in [1.807, 2.05) is 6.07 Å². The third-order valence-electron chi connectivity index (χ3n) is 2.30. The molecule has 0 spiro atoms. The summed E-state index contributed by atoms with van der Waals surface area (Å²) in [6, 6.07) is 8.35. The van der Waals surface area contributed by atoms with Crippen molar-refractivity contribution in [2.45, 2.75) is 24.3 Å². The van der Waals surface area contributed by atoms with Crippen molar-refractivity contribution in [2.24, 2.45) is 0 Å². The van der Waals surface area contributed by atoms with Gasteiger partial charge in [0, 0.05) is 6.54 Å². The van der Waals surface area contributed by atoms with Crippen molar-refractivity contribution in [2.75, 3.05) is 0 Å². The van der Waals surface area contributed by atoms with E-state index in [1.165, 1.54) is 11.3 Å². The first kappa shape index (κ1) is 9.96. The molecule has 0 aliphatic carbocycles. The van der Waals surface area contributed by atoms with Gasteiger partial charge in [0.2, 0.25) is 0 Å². The Morgan fingerprint density at radius 1 is 1.36 bits per heavy atom. The predicted molar refractivity (Wildman–Crippen MR) is 67.7 cm³/mol. The number of para-hydroxylation sites is 2. The summed E-state index contributed by atoms with van der Waals surface area (Å²) in [7, 11) is 0. The molecule has 0 aliphatic heterocycles. The first-order valence-electron chi connectivity index (χ1n) is 4.87. The molecule has 0 bridgehead atoms. The van der Waals surface area contributed by atoms with Crippen LogP contribution in [-0.2, 0) is 11.0 Å². The molecule has 1 heterocycles. The van der Waals surface area contributed by atoms with E-state index in [1.54, 1.807) is 0 Å². The third-order valence-corrected chi connectivity index (χ3v) is 2.98. The van der Waals surface area contributed by atoms with Gasteiger partial charge in [-0.2, -0.15) is 0 Å². The Morgan fingerprint density at radius 2 is 2.14 bits per heavy atom. The smallest absolute Gasteiger partial charge is 0.119 e. The zero-order valence-corrected chi connectivity index (χ0v) is 10.4. The maximum Gasteiger partial charge on any atom is 0.119 e. The molecule has 0 aliphatic rings. The Labute approximate surface area is 97.5 Å². The van der Waals surface area contributed by atoms with Gasteiger partial charge in [0.15, 0.2) is 0 Å². The van der Waals surface area contributed by atoms with Crippen LogP contribution in [-0.4, -0.2) is 9.55 Å². The van der Waals surface area contributed by atoms with Gasteiger partial charge in [0.05, 0.1) is 15.5 Å². The molecule has 2 rings (SSSR count). The summed E-state index contributed by atoms with van der Waals surface area (Å²) in [5.41, 5.74) is 2.38. The minimum atomic E-state index is 0.979. The molecule has 2 nitrogen and oxygen atoms in total. The molecule has 0 amide bonds. The lowest BCUT2D eigenvalue weighted by Crippen LogP contribution is -2.00. The number of halogens is 1. The number of hydrogen-bond donors (Lipinski definition) is 0. The van der Waals surface area contributed by atoms with Crippen molar-refractivity contribution in [3.05, 3.63) is 30.1 Å². The Kier molecular flexibility index (Phi) is 3.05. The minimum absolute atomic E-state index is 0.979. The largest absolute Gasteiger partial charge is 0.327 e. The van der Waals surface area contributed by atoms with Crippen LogP contribution in [0.4, 0.5) is 0 Å². The normalized spacial score (nSPS) is 11.0. The summed E-state index contributed by atoms with van der Waals surface area (Å²) >= 11 is 2.37. The number of aromatic nitrogens is 2. The number of hydrogen-bond acceptors (Lipinski definition) is 1. The lowest BCUT2D eigenvalue weighted by molar-refractivity contribution is 0.675. The van der Waals surface area contributed by atoms with Gasteiger partial charge in [-0.15, -0.1) is 0 Å². The molecule has 2 aromatic rings. The SMILES string of the molecule is CCCn1c(CI)nc2ccccc21. The summed E-state index contributed by atoms with van der Waals surface area (Å²) in [5.74, 6) is 1.19. The van der Waals surface area contributed by atoms with E-state index in [0.29, 0.717) is 0 Å². The molecular formula is C11H13IN2. The van der Waals surface area contributed by atoms with Crippen LogP contribution in [0.15, 0.2) is 24.3 Å².